The largest absolute Gasteiger partial charge is 0.341 e. The maximum atomic E-state index is 13.1. The molecule has 0 radical (unpaired) electrons. The lowest BCUT2D eigenvalue weighted by Crippen LogP contribution is -2.56. The molecule has 1 atom stereocenters. The number of nitrogens with zero attached hydrogens (tertiary/aromatic N) is 2. The number of amides is 4. The lowest BCUT2D eigenvalue weighted by atomic mass is 10.1. The van der Waals surface area contributed by atoms with E-state index < -0.39 is 23.8 Å². The van der Waals surface area contributed by atoms with E-state index >= 15 is 0 Å². The molecule has 2 rings (SSSR count). The van der Waals surface area contributed by atoms with Crippen LogP contribution in [0, 0.1) is 5.82 Å². The van der Waals surface area contributed by atoms with Gasteiger partial charge in [0.1, 0.15) is 5.82 Å². The molecule has 9 heteroatoms. The van der Waals surface area contributed by atoms with Crippen molar-refractivity contribution in [2.75, 3.05) is 33.2 Å². The van der Waals surface area contributed by atoms with Gasteiger partial charge in [-0.2, -0.15) is 0 Å². The third-order valence-electron chi connectivity index (χ3n) is 4.15. The van der Waals surface area contributed by atoms with Crippen molar-refractivity contribution in [1.82, 2.24) is 20.4 Å². The molecule has 1 aliphatic heterocycles. The number of benzene rings is 1. The maximum absolute atomic E-state index is 13.1. The molecule has 4 amide bonds. The van der Waals surface area contributed by atoms with Gasteiger partial charge in [-0.1, -0.05) is 11.6 Å². The number of rotatable bonds is 3. The average molecular weight is 371 g/mol. The zero-order valence-electron chi connectivity index (χ0n) is 14.0. The third-order valence-corrected chi connectivity index (χ3v) is 4.47. The summed E-state index contributed by atoms with van der Waals surface area (Å²) < 4.78 is 13.1. The number of hydrogen-bond donors (Lipinski definition) is 2. The lowest BCUT2D eigenvalue weighted by molar-refractivity contribution is -0.125. The number of halogens is 2. The van der Waals surface area contributed by atoms with Crippen LogP contribution < -0.4 is 10.6 Å². The first-order valence-corrected chi connectivity index (χ1v) is 8.22. The van der Waals surface area contributed by atoms with Crippen molar-refractivity contribution in [2.24, 2.45) is 0 Å². The van der Waals surface area contributed by atoms with Crippen molar-refractivity contribution in [1.29, 1.82) is 0 Å². The summed E-state index contributed by atoms with van der Waals surface area (Å²) in [5.74, 6) is -1.17. The highest BCUT2D eigenvalue weighted by Gasteiger charge is 2.29. The molecular weight excluding hydrogens is 351 g/mol. The first kappa shape index (κ1) is 19.1. The molecule has 2 N–H and O–H groups in total. The van der Waals surface area contributed by atoms with Crippen LogP contribution in [0.15, 0.2) is 18.2 Å². The van der Waals surface area contributed by atoms with E-state index in [9.17, 15) is 18.8 Å². The van der Waals surface area contributed by atoms with E-state index in [1.54, 1.807) is 11.8 Å². The van der Waals surface area contributed by atoms with Gasteiger partial charge in [0.15, 0.2) is 0 Å². The minimum Gasteiger partial charge on any atom is -0.341 e. The Hall–Kier alpha value is -2.19. The Morgan fingerprint density at radius 1 is 1.20 bits per heavy atom. The predicted molar refractivity (Wildman–Crippen MR) is 90.9 cm³/mol. The Morgan fingerprint density at radius 2 is 1.84 bits per heavy atom. The molecule has 0 saturated carbocycles. The van der Waals surface area contributed by atoms with E-state index in [4.69, 9.17) is 11.6 Å². The maximum Gasteiger partial charge on any atom is 0.321 e. The number of urea groups is 1. The van der Waals surface area contributed by atoms with Gasteiger partial charge >= 0.3 is 6.03 Å². The summed E-state index contributed by atoms with van der Waals surface area (Å²) in [5.41, 5.74) is 0.252. The normalized spacial score (nSPS) is 16.2. The van der Waals surface area contributed by atoms with E-state index in [1.165, 1.54) is 19.2 Å². The highest BCUT2D eigenvalue weighted by molar-refractivity contribution is 6.33. The van der Waals surface area contributed by atoms with Crippen molar-refractivity contribution in [3.63, 3.8) is 0 Å². The zero-order valence-corrected chi connectivity index (χ0v) is 14.8. The highest BCUT2D eigenvalue weighted by atomic mass is 35.5. The zero-order chi connectivity index (χ0) is 18.6. The van der Waals surface area contributed by atoms with Crippen molar-refractivity contribution in [3.8, 4) is 0 Å². The number of carbonyl (C=O) groups excluding carboxylic acids is 3. The van der Waals surface area contributed by atoms with Crippen LogP contribution in [0.2, 0.25) is 5.02 Å². The molecule has 0 bridgehead atoms. The summed E-state index contributed by atoms with van der Waals surface area (Å²) in [6, 6.07) is 2.61. The minimum absolute atomic E-state index is 0.0748. The Morgan fingerprint density at radius 3 is 2.40 bits per heavy atom. The van der Waals surface area contributed by atoms with Gasteiger partial charge < -0.3 is 10.2 Å². The molecule has 1 aromatic rings. The first-order chi connectivity index (χ1) is 11.8. The monoisotopic (exact) mass is 370 g/mol. The van der Waals surface area contributed by atoms with Crippen LogP contribution in [-0.4, -0.2) is 66.9 Å². The second kappa shape index (κ2) is 8.26. The Balaban J connectivity index is 1.93. The van der Waals surface area contributed by atoms with Crippen molar-refractivity contribution in [3.05, 3.63) is 34.6 Å². The summed E-state index contributed by atoms with van der Waals surface area (Å²) in [5, 5.41) is 4.63. The molecule has 0 spiro atoms. The highest BCUT2D eigenvalue weighted by Crippen LogP contribution is 2.20. The van der Waals surface area contributed by atoms with Gasteiger partial charge in [-0.3, -0.25) is 19.8 Å². The Labute approximate surface area is 150 Å². The summed E-state index contributed by atoms with van der Waals surface area (Å²) in [4.78, 5) is 39.2. The van der Waals surface area contributed by atoms with Crippen LogP contribution in [-0.2, 0) is 4.79 Å². The molecule has 1 aromatic carbocycles. The predicted octanol–water partition coefficient (Wildman–Crippen LogP) is 1.08. The second-order valence-electron chi connectivity index (χ2n) is 5.70. The summed E-state index contributed by atoms with van der Waals surface area (Å²) in [6.07, 6.45) is 0. The smallest absolute Gasteiger partial charge is 0.321 e. The lowest BCUT2D eigenvalue weighted by Gasteiger charge is -2.37. The third kappa shape index (κ3) is 4.67. The van der Waals surface area contributed by atoms with E-state index in [0.29, 0.717) is 26.2 Å². The first-order valence-electron chi connectivity index (χ1n) is 7.84. The van der Waals surface area contributed by atoms with Crippen LogP contribution in [0.5, 0.6) is 0 Å². The second-order valence-corrected chi connectivity index (χ2v) is 6.10. The standard InChI is InChI=1S/C16H20ClFN4O3/c1-10(14(23)20-16(25)19-2)21-5-7-22(8-6-21)15(24)12-4-3-11(18)9-13(12)17/h3-4,9-10H,5-8H2,1-2H3,(H2,19,20,23,25)/t10-/m1/s1. The van der Waals surface area contributed by atoms with Gasteiger partial charge in [-0.15, -0.1) is 0 Å². The van der Waals surface area contributed by atoms with Crippen LogP contribution >= 0.6 is 11.6 Å². The number of carbonyl (C=O) groups is 3. The van der Waals surface area contributed by atoms with Gasteiger partial charge in [0.2, 0.25) is 5.91 Å². The fourth-order valence-electron chi connectivity index (χ4n) is 2.59. The van der Waals surface area contributed by atoms with Gasteiger partial charge in [0.25, 0.3) is 5.91 Å². The van der Waals surface area contributed by atoms with Crippen molar-refractivity contribution < 1.29 is 18.8 Å². The molecule has 0 unspecified atom stereocenters. The van der Waals surface area contributed by atoms with Crippen LogP contribution in [0.25, 0.3) is 0 Å². The van der Waals surface area contributed by atoms with E-state index in [1.807, 2.05) is 4.90 Å². The molecule has 1 heterocycles. The topological polar surface area (TPSA) is 81.8 Å². The Bertz CT molecular complexity index is 677. The molecule has 136 valence electrons. The Kier molecular flexibility index (Phi) is 6.33. The molecule has 7 nitrogen and oxygen atoms in total. The number of imide groups is 1. The molecule has 0 aliphatic carbocycles. The van der Waals surface area contributed by atoms with Gasteiger partial charge in [-0.05, 0) is 25.1 Å². The molecular formula is C16H20ClFN4O3. The number of hydrogen-bond acceptors (Lipinski definition) is 4. The molecule has 0 aromatic heterocycles. The van der Waals surface area contributed by atoms with Crippen LogP contribution in [0.1, 0.15) is 17.3 Å². The fourth-order valence-corrected chi connectivity index (χ4v) is 2.84. The van der Waals surface area contributed by atoms with Crippen molar-refractivity contribution in [2.45, 2.75) is 13.0 Å². The summed E-state index contributed by atoms with van der Waals surface area (Å²) >= 11 is 5.94. The summed E-state index contributed by atoms with van der Waals surface area (Å²) in [7, 11) is 1.43. The SMILES string of the molecule is CNC(=O)NC(=O)[C@@H](C)N1CCN(C(=O)c2ccc(F)cc2Cl)CC1. The van der Waals surface area contributed by atoms with Gasteiger partial charge in [0, 0.05) is 33.2 Å². The fraction of sp³-hybridized carbons (Fsp3) is 0.438. The van der Waals surface area contributed by atoms with Crippen LogP contribution in [0.4, 0.5) is 9.18 Å². The van der Waals surface area contributed by atoms with Crippen molar-refractivity contribution >= 4 is 29.4 Å². The molecule has 1 saturated heterocycles. The van der Waals surface area contributed by atoms with Gasteiger partial charge in [0.05, 0.1) is 16.6 Å². The number of nitrogens with one attached hydrogen (secondary N) is 2. The van der Waals surface area contributed by atoms with E-state index in [2.05, 4.69) is 10.6 Å². The summed E-state index contributed by atoms with van der Waals surface area (Å²) in [6.45, 7) is 3.47. The molecule has 1 fully saturated rings. The van der Waals surface area contributed by atoms with Gasteiger partial charge in [-0.25, -0.2) is 9.18 Å². The number of piperazine rings is 1. The minimum atomic E-state index is -0.559. The van der Waals surface area contributed by atoms with E-state index in [0.717, 1.165) is 6.07 Å². The molecule has 25 heavy (non-hydrogen) atoms. The van der Waals surface area contributed by atoms with E-state index in [-0.39, 0.29) is 16.5 Å². The van der Waals surface area contributed by atoms with Crippen LogP contribution in [0.3, 0.4) is 0 Å². The quantitative estimate of drug-likeness (QED) is 0.834. The molecule has 1 aliphatic rings. The average Bonchev–Trinajstić information content (AvgIpc) is 2.60.